The van der Waals surface area contributed by atoms with Gasteiger partial charge in [-0.2, -0.15) is 0 Å². The molecule has 2 aliphatic rings. The highest BCUT2D eigenvalue weighted by atomic mass is 16.5. The van der Waals surface area contributed by atoms with Crippen LogP contribution in [0.2, 0.25) is 0 Å². The Hall–Kier alpha value is -3.85. The molecule has 2 aromatic carbocycles. The molecule has 5 rings (SSSR count). The maximum absolute atomic E-state index is 13.9. The van der Waals surface area contributed by atoms with E-state index >= 15 is 0 Å². The van der Waals surface area contributed by atoms with Gasteiger partial charge in [-0.1, -0.05) is 19.1 Å². The van der Waals surface area contributed by atoms with Gasteiger partial charge in [0.2, 0.25) is 5.95 Å². The largest absolute Gasteiger partial charge is 0.493 e. The van der Waals surface area contributed by atoms with E-state index in [1.807, 2.05) is 35.2 Å². The number of benzene rings is 2. The van der Waals surface area contributed by atoms with Crippen LogP contribution in [0.5, 0.6) is 11.5 Å². The van der Waals surface area contributed by atoms with E-state index in [1.54, 1.807) is 32.7 Å². The number of fused-ring (bicyclic) bond motifs is 1. The van der Waals surface area contributed by atoms with E-state index in [0.717, 1.165) is 62.3 Å². The van der Waals surface area contributed by atoms with Gasteiger partial charge in [0.1, 0.15) is 0 Å². The van der Waals surface area contributed by atoms with E-state index in [4.69, 9.17) is 9.47 Å². The first kappa shape index (κ1) is 26.7. The highest BCUT2D eigenvalue weighted by molar-refractivity contribution is 6.00. The summed E-state index contributed by atoms with van der Waals surface area (Å²) < 4.78 is 11.1. The molecule has 0 unspecified atom stereocenters. The Bertz CT molecular complexity index is 1260. The molecule has 0 aliphatic carbocycles. The van der Waals surface area contributed by atoms with Gasteiger partial charge in [-0.3, -0.25) is 4.79 Å². The first-order valence-corrected chi connectivity index (χ1v) is 13.8. The predicted molar refractivity (Wildman–Crippen MR) is 153 cm³/mol. The number of anilines is 2. The summed E-state index contributed by atoms with van der Waals surface area (Å²) in [4.78, 5) is 29.3. The van der Waals surface area contributed by atoms with E-state index in [2.05, 4.69) is 38.1 Å². The topological polar surface area (TPSA) is 83.1 Å². The lowest BCUT2D eigenvalue weighted by Crippen LogP contribution is -2.46. The van der Waals surface area contributed by atoms with Crippen molar-refractivity contribution in [3.63, 3.8) is 0 Å². The zero-order valence-corrected chi connectivity index (χ0v) is 23.1. The summed E-state index contributed by atoms with van der Waals surface area (Å²) in [5.74, 6) is 2.03. The SMILES string of the molecule is CCN1CCN(c2cccc3c2CN([C@H](CCCNc2ncccn2)c2ccc(OC)c(OC)c2)C3=O)CC1. The van der Waals surface area contributed by atoms with Crippen molar-refractivity contribution in [2.24, 2.45) is 0 Å². The van der Waals surface area contributed by atoms with Gasteiger partial charge >= 0.3 is 0 Å². The van der Waals surface area contributed by atoms with Crippen molar-refractivity contribution >= 4 is 17.5 Å². The van der Waals surface area contributed by atoms with Gasteiger partial charge in [-0.25, -0.2) is 9.97 Å². The average Bonchev–Trinajstić information content (AvgIpc) is 3.33. The van der Waals surface area contributed by atoms with Crippen LogP contribution in [0.15, 0.2) is 54.9 Å². The van der Waals surface area contributed by atoms with Crippen LogP contribution in [-0.4, -0.2) is 79.2 Å². The van der Waals surface area contributed by atoms with Crippen LogP contribution < -0.4 is 19.7 Å². The lowest BCUT2D eigenvalue weighted by atomic mass is 9.99. The van der Waals surface area contributed by atoms with Crippen LogP contribution in [-0.2, 0) is 6.54 Å². The lowest BCUT2D eigenvalue weighted by molar-refractivity contribution is 0.0690. The maximum atomic E-state index is 13.9. The van der Waals surface area contributed by atoms with E-state index in [1.165, 1.54) is 5.69 Å². The fourth-order valence-corrected chi connectivity index (χ4v) is 5.64. The number of likely N-dealkylation sites (N-methyl/N-ethyl adjacent to an activating group) is 1. The molecule has 39 heavy (non-hydrogen) atoms. The molecular formula is C30H38N6O3. The van der Waals surface area contributed by atoms with Crippen LogP contribution >= 0.6 is 0 Å². The molecule has 1 N–H and O–H groups in total. The number of ether oxygens (including phenoxy) is 2. The van der Waals surface area contributed by atoms with Crippen molar-refractivity contribution in [3.05, 3.63) is 71.5 Å². The minimum absolute atomic E-state index is 0.0816. The summed E-state index contributed by atoms with van der Waals surface area (Å²) in [6, 6.07) is 13.8. The van der Waals surface area contributed by atoms with Crippen molar-refractivity contribution in [2.45, 2.75) is 32.4 Å². The molecule has 1 saturated heterocycles. The Kier molecular flexibility index (Phi) is 8.46. The van der Waals surface area contributed by atoms with Gasteiger partial charge < -0.3 is 29.5 Å². The summed E-state index contributed by atoms with van der Waals surface area (Å²) in [6.45, 7) is 8.63. The van der Waals surface area contributed by atoms with Crippen LogP contribution in [0.25, 0.3) is 0 Å². The minimum Gasteiger partial charge on any atom is -0.493 e. The number of nitrogens with zero attached hydrogens (tertiary/aromatic N) is 5. The maximum Gasteiger partial charge on any atom is 0.255 e. The molecule has 1 fully saturated rings. The van der Waals surface area contributed by atoms with E-state index < -0.39 is 0 Å². The van der Waals surface area contributed by atoms with Crippen molar-refractivity contribution in [1.82, 2.24) is 19.8 Å². The van der Waals surface area contributed by atoms with E-state index in [9.17, 15) is 4.79 Å². The number of carbonyl (C=O) groups is 1. The number of aromatic nitrogens is 2. The third-order valence-corrected chi connectivity index (χ3v) is 7.80. The third-order valence-electron chi connectivity index (χ3n) is 7.80. The lowest BCUT2D eigenvalue weighted by Gasteiger charge is -2.36. The molecule has 0 saturated carbocycles. The molecule has 9 nitrogen and oxygen atoms in total. The Balaban J connectivity index is 1.39. The van der Waals surface area contributed by atoms with Gasteiger partial charge in [0, 0.05) is 68.5 Å². The molecule has 0 radical (unpaired) electrons. The minimum atomic E-state index is -0.118. The van der Waals surface area contributed by atoms with Gasteiger partial charge in [-0.05, 0) is 55.3 Å². The number of rotatable bonds is 11. The highest BCUT2D eigenvalue weighted by Crippen LogP contribution is 2.40. The summed E-state index contributed by atoms with van der Waals surface area (Å²) >= 11 is 0. The molecule has 2 aliphatic heterocycles. The molecule has 3 heterocycles. The molecule has 206 valence electrons. The first-order chi connectivity index (χ1) is 19.1. The Morgan fingerprint density at radius 2 is 1.74 bits per heavy atom. The predicted octanol–water partition coefficient (Wildman–Crippen LogP) is 4.23. The number of methoxy groups -OCH3 is 2. The van der Waals surface area contributed by atoms with Crippen LogP contribution in [0.3, 0.4) is 0 Å². The molecule has 0 spiro atoms. The standard InChI is InChI=1S/C30H38N6O3/c1-4-34-16-18-35(19-17-34)26-9-5-8-23-24(26)21-36(29(23)37)25(10-6-13-31-30-32-14-7-15-33-30)22-11-12-27(38-2)28(20-22)39-3/h5,7-9,11-12,14-15,20,25H,4,6,10,13,16-19,21H2,1-3H3,(H,31,32,33)/t25-/m1/s1. The zero-order valence-electron chi connectivity index (χ0n) is 23.1. The second-order valence-electron chi connectivity index (χ2n) is 9.93. The number of nitrogens with one attached hydrogen (secondary N) is 1. The fraction of sp³-hybridized carbons (Fsp3) is 0.433. The fourth-order valence-electron chi connectivity index (χ4n) is 5.64. The van der Waals surface area contributed by atoms with Gasteiger partial charge in [0.05, 0.1) is 20.3 Å². The van der Waals surface area contributed by atoms with Gasteiger partial charge in [0.15, 0.2) is 11.5 Å². The number of hydrogen-bond donors (Lipinski definition) is 1. The monoisotopic (exact) mass is 530 g/mol. The molecule has 9 heteroatoms. The number of hydrogen-bond acceptors (Lipinski definition) is 8. The van der Waals surface area contributed by atoms with Gasteiger partial charge in [0.25, 0.3) is 5.91 Å². The van der Waals surface area contributed by atoms with E-state index in [0.29, 0.717) is 30.5 Å². The highest BCUT2D eigenvalue weighted by Gasteiger charge is 2.36. The molecule has 0 bridgehead atoms. The van der Waals surface area contributed by atoms with Crippen molar-refractivity contribution < 1.29 is 14.3 Å². The van der Waals surface area contributed by atoms with Crippen LogP contribution in [0.1, 0.15) is 47.3 Å². The molecule has 3 aromatic rings. The summed E-state index contributed by atoms with van der Waals surface area (Å²) in [5.41, 5.74) is 4.16. The normalized spacial score (nSPS) is 16.2. The van der Waals surface area contributed by atoms with Crippen molar-refractivity contribution in [3.8, 4) is 11.5 Å². The molecule has 1 amide bonds. The van der Waals surface area contributed by atoms with Crippen LogP contribution in [0, 0.1) is 0 Å². The Morgan fingerprint density at radius 3 is 2.46 bits per heavy atom. The smallest absolute Gasteiger partial charge is 0.255 e. The van der Waals surface area contributed by atoms with E-state index in [-0.39, 0.29) is 11.9 Å². The van der Waals surface area contributed by atoms with Crippen molar-refractivity contribution in [1.29, 1.82) is 0 Å². The summed E-state index contributed by atoms with van der Waals surface area (Å²) in [7, 11) is 3.27. The Labute approximate surface area is 230 Å². The molecule has 1 atom stereocenters. The first-order valence-electron chi connectivity index (χ1n) is 13.8. The molecule has 1 aromatic heterocycles. The van der Waals surface area contributed by atoms with Crippen LogP contribution in [0.4, 0.5) is 11.6 Å². The number of carbonyl (C=O) groups excluding carboxylic acids is 1. The average molecular weight is 531 g/mol. The zero-order chi connectivity index (χ0) is 27.2. The summed E-state index contributed by atoms with van der Waals surface area (Å²) in [5, 5.41) is 3.29. The number of amides is 1. The quantitative estimate of drug-likeness (QED) is 0.369. The molecular weight excluding hydrogens is 492 g/mol. The summed E-state index contributed by atoms with van der Waals surface area (Å²) in [6.07, 6.45) is 5.06. The third kappa shape index (κ3) is 5.78. The second-order valence-corrected chi connectivity index (χ2v) is 9.93. The second kappa shape index (κ2) is 12.3. The number of piperazine rings is 1. The van der Waals surface area contributed by atoms with Gasteiger partial charge in [-0.15, -0.1) is 0 Å². The Morgan fingerprint density at radius 1 is 0.974 bits per heavy atom. The van der Waals surface area contributed by atoms with Crippen molar-refractivity contribution in [2.75, 3.05) is 63.7 Å².